The number of hydrogen-bond donors (Lipinski definition) is 2. The number of carbonyl (C=O) groups is 2. The molecule has 2 aliphatic rings. The summed E-state index contributed by atoms with van der Waals surface area (Å²) in [5, 5.41) is 6.56. The van der Waals surface area contributed by atoms with E-state index in [0.717, 1.165) is 56.5 Å². The molecular weight excluding hydrogens is 490 g/mol. The predicted octanol–water partition coefficient (Wildman–Crippen LogP) is 4.83. The van der Waals surface area contributed by atoms with Gasteiger partial charge in [-0.15, -0.1) is 0 Å². The molecule has 39 heavy (non-hydrogen) atoms. The minimum absolute atomic E-state index is 0.0224. The van der Waals surface area contributed by atoms with Gasteiger partial charge in [0.25, 0.3) is 5.91 Å². The van der Waals surface area contributed by atoms with E-state index in [9.17, 15) is 9.59 Å². The van der Waals surface area contributed by atoms with Crippen molar-refractivity contribution < 1.29 is 14.3 Å². The van der Waals surface area contributed by atoms with Crippen molar-refractivity contribution in [2.75, 3.05) is 19.6 Å². The Morgan fingerprint density at radius 3 is 2.51 bits per heavy atom. The molecule has 206 valence electrons. The van der Waals surface area contributed by atoms with E-state index in [1.165, 1.54) is 5.56 Å². The van der Waals surface area contributed by atoms with Crippen LogP contribution in [0.5, 0.6) is 0 Å². The van der Waals surface area contributed by atoms with Crippen molar-refractivity contribution in [2.24, 2.45) is 0 Å². The molecule has 1 aliphatic carbocycles. The second-order valence-corrected chi connectivity index (χ2v) is 10.8. The SMILES string of the molecule is CC(C)OC(=O)N[C@H]1CCCC[C@@H]1n1cnc(C(=O)N2CCNC[C@H]2Cc2ccccc2)c1-c1ccccc1. The monoisotopic (exact) mass is 529 g/mol. The molecule has 1 saturated carbocycles. The molecule has 1 aliphatic heterocycles. The average molecular weight is 530 g/mol. The molecule has 0 radical (unpaired) electrons. The third-order valence-electron chi connectivity index (χ3n) is 7.70. The van der Waals surface area contributed by atoms with Crippen molar-refractivity contribution in [3.05, 3.63) is 78.2 Å². The average Bonchev–Trinajstić information content (AvgIpc) is 3.39. The second-order valence-electron chi connectivity index (χ2n) is 10.8. The first-order valence-electron chi connectivity index (χ1n) is 14.2. The van der Waals surface area contributed by atoms with Crippen LogP contribution in [0.25, 0.3) is 11.3 Å². The highest BCUT2D eigenvalue weighted by molar-refractivity contribution is 5.98. The summed E-state index contributed by atoms with van der Waals surface area (Å²) in [5.74, 6) is -0.0467. The Hall–Kier alpha value is -3.65. The van der Waals surface area contributed by atoms with Crippen molar-refractivity contribution >= 4 is 12.0 Å². The number of rotatable bonds is 7. The Kier molecular flexibility index (Phi) is 8.61. The maximum absolute atomic E-state index is 14.2. The van der Waals surface area contributed by atoms with Gasteiger partial charge in [0, 0.05) is 31.2 Å². The number of nitrogens with one attached hydrogen (secondary N) is 2. The van der Waals surface area contributed by atoms with Crippen LogP contribution < -0.4 is 10.6 Å². The number of carbonyl (C=O) groups excluding carboxylic acids is 2. The summed E-state index contributed by atoms with van der Waals surface area (Å²) in [6.45, 7) is 5.83. The summed E-state index contributed by atoms with van der Waals surface area (Å²) in [5.41, 5.74) is 3.44. The van der Waals surface area contributed by atoms with Crippen molar-refractivity contribution in [1.82, 2.24) is 25.1 Å². The highest BCUT2D eigenvalue weighted by Gasteiger charge is 2.35. The lowest BCUT2D eigenvalue weighted by molar-refractivity contribution is 0.0631. The zero-order valence-electron chi connectivity index (χ0n) is 22.9. The molecule has 3 aromatic rings. The Labute approximate surface area is 230 Å². The lowest BCUT2D eigenvalue weighted by Gasteiger charge is -2.36. The standard InChI is InChI=1S/C31H39N5O3/c1-22(2)39-31(38)34-26-15-9-10-16-27(26)36-21-33-28(29(36)24-13-7-4-8-14-24)30(37)35-18-17-32-20-25(35)19-23-11-5-3-6-12-23/h3-8,11-14,21-22,25-27,32H,9-10,15-20H2,1-2H3,(H,34,38)/t25-,26+,27+/m1/s1. The van der Waals surface area contributed by atoms with Crippen LogP contribution in [0.1, 0.15) is 61.6 Å². The van der Waals surface area contributed by atoms with Gasteiger partial charge in [-0.05, 0) is 38.7 Å². The molecule has 5 rings (SSSR count). The number of piperazine rings is 1. The van der Waals surface area contributed by atoms with E-state index in [1.807, 2.05) is 67.3 Å². The lowest BCUT2D eigenvalue weighted by atomic mass is 9.89. The van der Waals surface area contributed by atoms with E-state index in [0.29, 0.717) is 12.2 Å². The molecular formula is C31H39N5O3. The summed E-state index contributed by atoms with van der Waals surface area (Å²) in [7, 11) is 0. The Bertz CT molecular complexity index is 1240. The fraction of sp³-hybridized carbons (Fsp3) is 0.452. The first-order valence-corrected chi connectivity index (χ1v) is 14.2. The largest absolute Gasteiger partial charge is 0.447 e. The highest BCUT2D eigenvalue weighted by Crippen LogP contribution is 2.35. The smallest absolute Gasteiger partial charge is 0.407 e. The van der Waals surface area contributed by atoms with Gasteiger partial charge < -0.3 is 24.8 Å². The third-order valence-corrected chi connectivity index (χ3v) is 7.70. The second kappa shape index (κ2) is 12.5. The van der Waals surface area contributed by atoms with E-state index in [2.05, 4.69) is 27.3 Å². The summed E-state index contributed by atoms with van der Waals surface area (Å²) >= 11 is 0. The summed E-state index contributed by atoms with van der Waals surface area (Å²) < 4.78 is 7.52. The molecule has 0 spiro atoms. The van der Waals surface area contributed by atoms with Crippen LogP contribution in [-0.2, 0) is 11.2 Å². The minimum Gasteiger partial charge on any atom is -0.447 e. The topological polar surface area (TPSA) is 88.5 Å². The maximum Gasteiger partial charge on any atom is 0.407 e. The van der Waals surface area contributed by atoms with Gasteiger partial charge in [0.15, 0.2) is 5.69 Å². The van der Waals surface area contributed by atoms with Gasteiger partial charge in [0.2, 0.25) is 0 Å². The molecule has 2 N–H and O–H groups in total. The molecule has 1 aromatic heterocycles. The van der Waals surface area contributed by atoms with Gasteiger partial charge in [-0.2, -0.15) is 0 Å². The quantitative estimate of drug-likeness (QED) is 0.458. The summed E-state index contributed by atoms with van der Waals surface area (Å²) in [4.78, 5) is 33.5. The van der Waals surface area contributed by atoms with Crippen LogP contribution >= 0.6 is 0 Å². The molecule has 8 heteroatoms. The third kappa shape index (κ3) is 6.33. The first kappa shape index (κ1) is 26.9. The van der Waals surface area contributed by atoms with Crippen molar-refractivity contribution in [3.63, 3.8) is 0 Å². The first-order chi connectivity index (χ1) is 19.0. The summed E-state index contributed by atoms with van der Waals surface area (Å²) in [6, 6.07) is 20.2. The van der Waals surface area contributed by atoms with Crippen LogP contribution in [0.2, 0.25) is 0 Å². The minimum atomic E-state index is -0.399. The Balaban J connectivity index is 1.48. The predicted molar refractivity (Wildman–Crippen MR) is 152 cm³/mol. The Morgan fingerprint density at radius 1 is 1.05 bits per heavy atom. The Morgan fingerprint density at radius 2 is 1.77 bits per heavy atom. The van der Waals surface area contributed by atoms with Crippen molar-refractivity contribution in [3.8, 4) is 11.3 Å². The number of nitrogens with zero attached hydrogens (tertiary/aromatic N) is 3. The number of aromatic nitrogens is 2. The molecule has 1 saturated heterocycles. The van der Waals surface area contributed by atoms with Gasteiger partial charge in [-0.1, -0.05) is 73.5 Å². The van der Waals surface area contributed by atoms with E-state index >= 15 is 0 Å². The maximum atomic E-state index is 14.2. The molecule has 0 unspecified atom stereocenters. The molecule has 3 atom stereocenters. The zero-order chi connectivity index (χ0) is 27.2. The number of ether oxygens (including phenoxy) is 1. The van der Waals surface area contributed by atoms with Gasteiger partial charge in [-0.25, -0.2) is 9.78 Å². The molecule has 2 aromatic carbocycles. The highest BCUT2D eigenvalue weighted by atomic mass is 16.6. The molecule has 2 heterocycles. The fourth-order valence-electron chi connectivity index (χ4n) is 5.90. The number of imidazole rings is 1. The van der Waals surface area contributed by atoms with E-state index < -0.39 is 6.09 Å². The van der Waals surface area contributed by atoms with Crippen LogP contribution in [-0.4, -0.2) is 64.3 Å². The van der Waals surface area contributed by atoms with Gasteiger partial charge in [0.1, 0.15) is 0 Å². The molecule has 2 fully saturated rings. The number of benzene rings is 2. The number of amides is 2. The van der Waals surface area contributed by atoms with Crippen molar-refractivity contribution in [1.29, 1.82) is 0 Å². The van der Waals surface area contributed by atoms with E-state index in [4.69, 9.17) is 9.72 Å². The van der Waals surface area contributed by atoms with E-state index in [1.54, 1.807) is 6.33 Å². The van der Waals surface area contributed by atoms with Crippen LogP contribution in [0.15, 0.2) is 67.0 Å². The molecule has 0 bridgehead atoms. The number of alkyl carbamates (subject to hydrolysis) is 1. The number of hydrogen-bond acceptors (Lipinski definition) is 5. The zero-order valence-corrected chi connectivity index (χ0v) is 22.9. The van der Waals surface area contributed by atoms with Crippen molar-refractivity contribution in [2.45, 2.75) is 70.2 Å². The van der Waals surface area contributed by atoms with Gasteiger partial charge in [-0.3, -0.25) is 4.79 Å². The van der Waals surface area contributed by atoms with E-state index in [-0.39, 0.29) is 30.1 Å². The normalized spacial score (nSPS) is 21.5. The fourth-order valence-corrected chi connectivity index (χ4v) is 5.90. The molecule has 2 amide bonds. The lowest BCUT2D eigenvalue weighted by Crippen LogP contribution is -2.54. The van der Waals surface area contributed by atoms with Gasteiger partial charge >= 0.3 is 6.09 Å². The molecule has 8 nitrogen and oxygen atoms in total. The van der Waals surface area contributed by atoms with Crippen LogP contribution in [0.3, 0.4) is 0 Å². The van der Waals surface area contributed by atoms with Crippen LogP contribution in [0, 0.1) is 0 Å². The van der Waals surface area contributed by atoms with Gasteiger partial charge in [0.05, 0.1) is 30.2 Å². The summed E-state index contributed by atoms with van der Waals surface area (Å²) in [6.07, 6.45) is 5.82. The van der Waals surface area contributed by atoms with Crippen LogP contribution in [0.4, 0.5) is 4.79 Å².